The van der Waals surface area contributed by atoms with E-state index in [1.54, 1.807) is 0 Å². The van der Waals surface area contributed by atoms with Crippen LogP contribution in [0.15, 0.2) is 43.0 Å². The Morgan fingerprint density at radius 1 is 1.25 bits per heavy atom. The molecule has 0 atom stereocenters. The Morgan fingerprint density at radius 3 is 2.62 bits per heavy atom. The first kappa shape index (κ1) is 21.8. The zero-order valence-electron chi connectivity index (χ0n) is 16.3. The van der Waals surface area contributed by atoms with Gasteiger partial charge in [-0.15, -0.1) is 0 Å². The van der Waals surface area contributed by atoms with Crippen LogP contribution in [-0.4, -0.2) is 33.7 Å². The smallest absolute Gasteiger partial charge is 0.377 e. The molecule has 4 rings (SSSR count). The molecule has 12 heteroatoms. The molecule has 0 radical (unpaired) electrons. The van der Waals surface area contributed by atoms with Crippen molar-refractivity contribution in [1.82, 2.24) is 14.5 Å². The number of halogens is 5. The van der Waals surface area contributed by atoms with E-state index in [0.717, 1.165) is 24.4 Å². The Kier molecular flexibility index (Phi) is 5.42. The Balaban J connectivity index is 1.47. The maximum Gasteiger partial charge on any atom is 0.419 e. The molecule has 1 fully saturated rings. The number of ether oxygens (including phenoxy) is 1. The number of pyridine rings is 1. The second-order valence-electron chi connectivity index (χ2n) is 7.35. The van der Waals surface area contributed by atoms with E-state index >= 15 is 0 Å². The van der Waals surface area contributed by atoms with Gasteiger partial charge in [-0.2, -0.15) is 13.2 Å². The number of aromatic nitrogens is 3. The summed E-state index contributed by atoms with van der Waals surface area (Å²) in [4.78, 5) is 20.3. The summed E-state index contributed by atoms with van der Waals surface area (Å²) in [6.45, 7) is 0.578. The molecule has 32 heavy (non-hydrogen) atoms. The molecule has 168 valence electrons. The third-order valence-electron chi connectivity index (χ3n) is 4.90. The lowest BCUT2D eigenvalue weighted by atomic mass is 9.95. The van der Waals surface area contributed by atoms with Crippen molar-refractivity contribution in [3.05, 3.63) is 71.4 Å². The van der Waals surface area contributed by atoms with E-state index in [1.807, 2.05) is 0 Å². The fourth-order valence-electron chi connectivity index (χ4n) is 3.17. The van der Waals surface area contributed by atoms with Crippen LogP contribution in [0.25, 0.3) is 5.82 Å². The molecule has 3 heterocycles. The number of alkyl halides is 3. The van der Waals surface area contributed by atoms with E-state index in [-0.39, 0.29) is 24.7 Å². The van der Waals surface area contributed by atoms with Crippen LogP contribution in [0.5, 0.6) is 0 Å². The highest BCUT2D eigenvalue weighted by molar-refractivity contribution is 5.92. The lowest BCUT2D eigenvalue weighted by Crippen LogP contribution is -2.54. The number of benzene rings is 1. The Labute approximate surface area is 178 Å². The van der Waals surface area contributed by atoms with Crippen molar-refractivity contribution in [1.29, 1.82) is 0 Å². The van der Waals surface area contributed by atoms with Crippen molar-refractivity contribution in [2.24, 2.45) is 5.73 Å². The minimum Gasteiger partial charge on any atom is -0.377 e. The zero-order valence-corrected chi connectivity index (χ0v) is 16.3. The van der Waals surface area contributed by atoms with Crippen LogP contribution in [-0.2, 0) is 27.7 Å². The van der Waals surface area contributed by atoms with Crippen molar-refractivity contribution in [3.8, 4) is 5.82 Å². The van der Waals surface area contributed by atoms with E-state index in [2.05, 4.69) is 15.3 Å². The van der Waals surface area contributed by atoms with Crippen LogP contribution in [0.1, 0.15) is 16.8 Å². The van der Waals surface area contributed by atoms with Crippen LogP contribution in [0, 0.1) is 11.6 Å². The van der Waals surface area contributed by atoms with Crippen LogP contribution >= 0.6 is 0 Å². The van der Waals surface area contributed by atoms with Crippen molar-refractivity contribution in [3.63, 3.8) is 0 Å². The fraction of sp³-hybridized carbons (Fsp3) is 0.250. The predicted octanol–water partition coefficient (Wildman–Crippen LogP) is 2.93. The molecule has 0 unspecified atom stereocenters. The third-order valence-corrected chi connectivity index (χ3v) is 4.90. The van der Waals surface area contributed by atoms with Crippen molar-refractivity contribution >= 4 is 11.6 Å². The maximum atomic E-state index is 14.6. The maximum absolute atomic E-state index is 14.6. The number of imidazole rings is 1. The van der Waals surface area contributed by atoms with E-state index in [4.69, 9.17) is 10.5 Å². The van der Waals surface area contributed by atoms with E-state index < -0.39 is 46.8 Å². The van der Waals surface area contributed by atoms with Crippen molar-refractivity contribution < 1.29 is 31.5 Å². The normalized spacial score (nSPS) is 15.3. The Morgan fingerprint density at radius 2 is 2.00 bits per heavy atom. The Bertz CT molecular complexity index is 1170. The number of hydrogen-bond donors (Lipinski definition) is 2. The number of hydrogen-bond acceptors (Lipinski definition) is 5. The summed E-state index contributed by atoms with van der Waals surface area (Å²) in [5.41, 5.74) is 3.90. The van der Waals surface area contributed by atoms with E-state index in [1.165, 1.54) is 17.1 Å². The summed E-state index contributed by atoms with van der Waals surface area (Å²) in [5, 5.41) is 2.29. The minimum atomic E-state index is -4.89. The quantitative estimate of drug-likeness (QED) is 0.580. The first-order chi connectivity index (χ1) is 15.1. The summed E-state index contributed by atoms with van der Waals surface area (Å²) in [5.74, 6) is -3.26. The number of carbonyl (C=O) groups excluding carboxylic acids is 1. The van der Waals surface area contributed by atoms with Gasteiger partial charge in [-0.05, 0) is 11.6 Å². The van der Waals surface area contributed by atoms with E-state index in [0.29, 0.717) is 11.8 Å². The molecule has 1 amide bonds. The molecule has 1 aromatic carbocycles. The lowest BCUT2D eigenvalue weighted by molar-refractivity contribution is -0.140. The number of amides is 1. The second-order valence-corrected chi connectivity index (χ2v) is 7.35. The molecule has 0 bridgehead atoms. The molecule has 1 aliphatic rings. The second kappa shape index (κ2) is 7.95. The molecule has 0 aliphatic carbocycles. The highest BCUT2D eigenvalue weighted by atomic mass is 19.4. The third kappa shape index (κ3) is 4.18. The van der Waals surface area contributed by atoms with Crippen LogP contribution in [0.2, 0.25) is 0 Å². The molecular formula is C20H16F5N5O2. The number of nitrogens with two attached hydrogens (primary N) is 1. The van der Waals surface area contributed by atoms with Gasteiger partial charge in [0.15, 0.2) is 11.6 Å². The van der Waals surface area contributed by atoms with Gasteiger partial charge < -0.3 is 15.8 Å². The molecule has 7 nitrogen and oxygen atoms in total. The molecular weight excluding hydrogens is 437 g/mol. The lowest BCUT2D eigenvalue weighted by Gasteiger charge is -2.36. The van der Waals surface area contributed by atoms with Gasteiger partial charge in [0.05, 0.1) is 42.8 Å². The first-order valence-corrected chi connectivity index (χ1v) is 9.28. The molecule has 1 aliphatic heterocycles. The van der Waals surface area contributed by atoms with Gasteiger partial charge in [-0.25, -0.2) is 18.7 Å². The van der Waals surface area contributed by atoms with Crippen molar-refractivity contribution in [2.45, 2.75) is 18.1 Å². The minimum absolute atomic E-state index is 0.0494. The van der Waals surface area contributed by atoms with Crippen LogP contribution in [0.4, 0.5) is 27.6 Å². The van der Waals surface area contributed by atoms with Gasteiger partial charge in [0.25, 0.3) is 0 Å². The van der Waals surface area contributed by atoms with Gasteiger partial charge in [-0.3, -0.25) is 9.36 Å². The highest BCUT2D eigenvalue weighted by Crippen LogP contribution is 2.32. The zero-order chi connectivity index (χ0) is 23.1. The first-order valence-electron chi connectivity index (χ1n) is 9.28. The highest BCUT2D eigenvalue weighted by Gasteiger charge is 2.38. The van der Waals surface area contributed by atoms with Gasteiger partial charge in [0.1, 0.15) is 17.7 Å². The average Bonchev–Trinajstić information content (AvgIpc) is 3.17. The number of carbonyl (C=O) groups is 1. The summed E-state index contributed by atoms with van der Waals surface area (Å²) in [6.07, 6.45) is -1.55. The Hall–Kier alpha value is -3.38. The number of nitrogens with one attached hydrogen (secondary N) is 1. The van der Waals surface area contributed by atoms with Gasteiger partial charge in [0, 0.05) is 12.3 Å². The fourth-order valence-corrected chi connectivity index (χ4v) is 3.17. The summed E-state index contributed by atoms with van der Waals surface area (Å²) in [6, 6.07) is 3.64. The van der Waals surface area contributed by atoms with Gasteiger partial charge in [-0.1, -0.05) is 12.1 Å². The van der Waals surface area contributed by atoms with Crippen LogP contribution < -0.4 is 11.1 Å². The van der Waals surface area contributed by atoms with Crippen LogP contribution in [0.3, 0.4) is 0 Å². The number of nitrogens with zero attached hydrogens (tertiary/aromatic N) is 3. The SMILES string of the molecule is NC1(c2cn(-c3ncc(NC(=O)Cc4cccc(C(F)(F)F)c4F)cc3F)cn2)COC1. The molecule has 1 saturated heterocycles. The van der Waals surface area contributed by atoms with Crippen molar-refractivity contribution in [2.75, 3.05) is 18.5 Å². The largest absolute Gasteiger partial charge is 0.419 e. The molecule has 3 aromatic rings. The van der Waals surface area contributed by atoms with Gasteiger partial charge in [0.2, 0.25) is 5.91 Å². The monoisotopic (exact) mass is 453 g/mol. The molecule has 0 saturated carbocycles. The number of rotatable bonds is 5. The molecule has 3 N–H and O–H groups in total. The van der Waals surface area contributed by atoms with Gasteiger partial charge >= 0.3 is 6.18 Å². The average molecular weight is 453 g/mol. The summed E-state index contributed by atoms with van der Waals surface area (Å²) >= 11 is 0. The summed E-state index contributed by atoms with van der Waals surface area (Å²) in [7, 11) is 0. The molecule has 0 spiro atoms. The number of anilines is 1. The predicted molar refractivity (Wildman–Crippen MR) is 102 cm³/mol. The topological polar surface area (TPSA) is 95.1 Å². The standard InChI is InChI=1S/C20H16F5N5O2/c21-14-5-12(6-27-18(14)30-7-15(28-10-30)19(26)8-32-9-19)29-16(31)4-11-2-1-3-13(17(11)22)20(23,24)25/h1-3,5-7,10H,4,8-9,26H2,(H,29,31). The molecule has 2 aromatic heterocycles. The van der Waals surface area contributed by atoms with E-state index in [9.17, 15) is 26.7 Å². The summed E-state index contributed by atoms with van der Waals surface area (Å²) < 4.78 is 73.5.